The molecule has 0 spiro atoms. The molecule has 0 unspecified atom stereocenters. The van der Waals surface area contributed by atoms with E-state index >= 15 is 0 Å². The van der Waals surface area contributed by atoms with Crippen LogP contribution in [0.4, 0.5) is 0 Å². The van der Waals surface area contributed by atoms with Gasteiger partial charge in [0.2, 0.25) is 5.91 Å². The molecule has 0 saturated carbocycles. The van der Waals surface area contributed by atoms with Gasteiger partial charge in [0.25, 0.3) is 0 Å². The van der Waals surface area contributed by atoms with E-state index in [9.17, 15) is 4.79 Å². The summed E-state index contributed by atoms with van der Waals surface area (Å²) >= 11 is 0. The van der Waals surface area contributed by atoms with Crippen molar-refractivity contribution in [2.75, 3.05) is 33.4 Å². The Labute approximate surface area is 151 Å². The van der Waals surface area contributed by atoms with E-state index < -0.39 is 5.41 Å². The Bertz CT molecular complexity index is 534. The predicted molar refractivity (Wildman–Crippen MR) is 99.7 cm³/mol. The summed E-state index contributed by atoms with van der Waals surface area (Å²) in [6.45, 7) is 7.72. The topological polar surface area (TPSA) is 59.6 Å². The second kappa shape index (κ2) is 9.78. The van der Waals surface area contributed by atoms with Crippen molar-refractivity contribution in [1.29, 1.82) is 0 Å². The Balaban J connectivity index is 1.96. The maximum absolute atomic E-state index is 12.8. The first-order valence-electron chi connectivity index (χ1n) is 9.26. The van der Waals surface area contributed by atoms with Gasteiger partial charge in [-0.3, -0.25) is 4.79 Å². The summed E-state index contributed by atoms with van der Waals surface area (Å²) in [5.41, 5.74) is 0.592. The highest BCUT2D eigenvalue weighted by atomic mass is 16.5. The monoisotopic (exact) mass is 348 g/mol. The highest BCUT2D eigenvalue weighted by Gasteiger charge is 2.39. The first-order valence-corrected chi connectivity index (χ1v) is 9.26. The number of carbonyl (C=O) groups is 1. The second-order valence-corrected chi connectivity index (χ2v) is 7.28. The molecule has 5 nitrogen and oxygen atoms in total. The maximum Gasteiger partial charge on any atom is 0.228 e. The summed E-state index contributed by atoms with van der Waals surface area (Å²) in [4.78, 5) is 12.8. The Hall–Kier alpha value is -1.59. The zero-order chi connectivity index (χ0) is 18.1. The highest BCUT2D eigenvalue weighted by molar-refractivity contribution is 5.83. The summed E-state index contributed by atoms with van der Waals surface area (Å²) in [6.07, 6.45) is 2.63. The Morgan fingerprint density at radius 3 is 2.68 bits per heavy atom. The van der Waals surface area contributed by atoms with Crippen molar-refractivity contribution < 1.29 is 14.3 Å². The summed E-state index contributed by atoms with van der Waals surface area (Å²) < 4.78 is 11.3. The summed E-state index contributed by atoms with van der Waals surface area (Å²) in [5.74, 6) is 1.54. The lowest BCUT2D eigenvalue weighted by atomic mass is 9.78. The van der Waals surface area contributed by atoms with Gasteiger partial charge in [-0.25, -0.2) is 0 Å². The number of hydrogen-bond acceptors (Lipinski definition) is 4. The average molecular weight is 348 g/mol. The number of ether oxygens (including phenoxy) is 2. The van der Waals surface area contributed by atoms with E-state index in [0.717, 1.165) is 43.7 Å². The van der Waals surface area contributed by atoms with Crippen LogP contribution in [0, 0.1) is 11.3 Å². The molecule has 5 heteroatoms. The number of benzene rings is 1. The fraction of sp³-hybridized carbons (Fsp3) is 0.650. The summed E-state index contributed by atoms with van der Waals surface area (Å²) in [6, 6.07) is 7.93. The molecule has 0 atom stereocenters. The molecular formula is C20H32N2O3. The van der Waals surface area contributed by atoms with Gasteiger partial charge in [-0.1, -0.05) is 32.0 Å². The van der Waals surface area contributed by atoms with Gasteiger partial charge in [-0.2, -0.15) is 0 Å². The van der Waals surface area contributed by atoms with E-state index in [-0.39, 0.29) is 5.91 Å². The maximum atomic E-state index is 12.8. The number of rotatable bonds is 9. The van der Waals surface area contributed by atoms with Crippen molar-refractivity contribution in [3.8, 4) is 5.75 Å². The third-order valence-electron chi connectivity index (χ3n) is 4.83. The molecule has 140 valence electrons. The molecule has 0 radical (unpaired) electrons. The third kappa shape index (κ3) is 5.72. The van der Waals surface area contributed by atoms with E-state index in [2.05, 4.69) is 24.5 Å². The number of nitrogens with one attached hydrogen (secondary N) is 2. The van der Waals surface area contributed by atoms with Crippen molar-refractivity contribution in [3.63, 3.8) is 0 Å². The van der Waals surface area contributed by atoms with Crippen molar-refractivity contribution >= 4 is 5.91 Å². The second-order valence-electron chi connectivity index (χ2n) is 7.28. The quantitative estimate of drug-likeness (QED) is 0.720. The van der Waals surface area contributed by atoms with Gasteiger partial charge in [0.15, 0.2) is 0 Å². The molecule has 1 amide bonds. The zero-order valence-electron chi connectivity index (χ0n) is 15.8. The Morgan fingerprint density at radius 1 is 1.28 bits per heavy atom. The fourth-order valence-corrected chi connectivity index (χ4v) is 3.18. The smallest absolute Gasteiger partial charge is 0.228 e. The van der Waals surface area contributed by atoms with Crippen LogP contribution in [0.5, 0.6) is 5.75 Å². The molecule has 1 heterocycles. The van der Waals surface area contributed by atoms with Gasteiger partial charge < -0.3 is 20.1 Å². The van der Waals surface area contributed by atoms with Crippen LogP contribution >= 0.6 is 0 Å². The number of methoxy groups -OCH3 is 1. The van der Waals surface area contributed by atoms with Crippen LogP contribution in [-0.2, 0) is 16.1 Å². The van der Waals surface area contributed by atoms with E-state index in [1.54, 1.807) is 7.11 Å². The largest absolute Gasteiger partial charge is 0.493 e. The molecule has 0 aliphatic carbocycles. The van der Waals surface area contributed by atoms with Crippen molar-refractivity contribution in [1.82, 2.24) is 10.6 Å². The number of hydrogen-bond donors (Lipinski definition) is 2. The highest BCUT2D eigenvalue weighted by Crippen LogP contribution is 2.30. The van der Waals surface area contributed by atoms with Crippen LogP contribution in [0.2, 0.25) is 0 Å². The number of piperidine rings is 1. The molecule has 1 aromatic carbocycles. The summed E-state index contributed by atoms with van der Waals surface area (Å²) in [5, 5.41) is 6.42. The number of para-hydroxylation sites is 1. The third-order valence-corrected chi connectivity index (χ3v) is 4.83. The SMILES string of the molecule is COCC1(C(=O)NCc2ccccc2OCCC(C)C)CCNCC1. The molecular weight excluding hydrogens is 316 g/mol. The molecule has 2 rings (SSSR count). The molecule has 0 bridgehead atoms. The normalized spacial score (nSPS) is 16.6. The minimum absolute atomic E-state index is 0.0767. The Morgan fingerprint density at radius 2 is 2.00 bits per heavy atom. The van der Waals surface area contributed by atoms with Gasteiger partial charge in [0, 0.05) is 19.2 Å². The van der Waals surface area contributed by atoms with Gasteiger partial charge >= 0.3 is 0 Å². The molecule has 1 aromatic rings. The lowest BCUT2D eigenvalue weighted by Gasteiger charge is -2.35. The molecule has 1 fully saturated rings. The first kappa shape index (κ1) is 19.7. The lowest BCUT2D eigenvalue weighted by molar-refractivity contribution is -0.136. The van der Waals surface area contributed by atoms with Crippen LogP contribution < -0.4 is 15.4 Å². The van der Waals surface area contributed by atoms with Gasteiger partial charge in [0.05, 0.1) is 18.6 Å². The van der Waals surface area contributed by atoms with Crippen molar-refractivity contribution in [2.45, 2.75) is 39.7 Å². The van der Waals surface area contributed by atoms with Crippen LogP contribution in [-0.4, -0.2) is 39.3 Å². The van der Waals surface area contributed by atoms with Crippen molar-refractivity contribution in [3.05, 3.63) is 29.8 Å². The molecule has 2 N–H and O–H groups in total. The summed E-state index contributed by atoms with van der Waals surface area (Å²) in [7, 11) is 1.66. The van der Waals surface area contributed by atoms with Gasteiger partial charge in [0.1, 0.15) is 5.75 Å². The predicted octanol–water partition coefficient (Wildman–Crippen LogP) is 2.74. The van der Waals surface area contributed by atoms with Crippen LogP contribution in [0.15, 0.2) is 24.3 Å². The molecule has 0 aromatic heterocycles. The molecule has 25 heavy (non-hydrogen) atoms. The van der Waals surface area contributed by atoms with Crippen molar-refractivity contribution in [2.24, 2.45) is 11.3 Å². The number of carbonyl (C=O) groups excluding carboxylic acids is 1. The Kier molecular flexibility index (Phi) is 7.72. The minimum atomic E-state index is -0.423. The standard InChI is InChI=1S/C20H32N2O3/c1-16(2)8-13-25-18-7-5-4-6-17(18)14-22-19(23)20(15-24-3)9-11-21-12-10-20/h4-7,16,21H,8-15H2,1-3H3,(H,22,23). The van der Waals surface area contributed by atoms with E-state index in [4.69, 9.17) is 9.47 Å². The van der Waals surface area contributed by atoms with Crippen LogP contribution in [0.3, 0.4) is 0 Å². The van der Waals surface area contributed by atoms with Crippen LogP contribution in [0.25, 0.3) is 0 Å². The van der Waals surface area contributed by atoms with Crippen LogP contribution in [0.1, 0.15) is 38.7 Å². The first-order chi connectivity index (χ1) is 12.1. The van der Waals surface area contributed by atoms with E-state index in [1.807, 2.05) is 24.3 Å². The lowest BCUT2D eigenvalue weighted by Crippen LogP contribution is -2.50. The molecule has 1 saturated heterocycles. The molecule has 1 aliphatic heterocycles. The fourth-order valence-electron chi connectivity index (χ4n) is 3.18. The van der Waals surface area contributed by atoms with Gasteiger partial charge in [-0.05, 0) is 44.3 Å². The van der Waals surface area contributed by atoms with E-state index in [1.165, 1.54) is 0 Å². The average Bonchev–Trinajstić information content (AvgIpc) is 2.61. The van der Waals surface area contributed by atoms with E-state index in [0.29, 0.717) is 25.7 Å². The molecule has 1 aliphatic rings. The zero-order valence-corrected chi connectivity index (χ0v) is 15.8. The number of amides is 1. The minimum Gasteiger partial charge on any atom is -0.493 e. The van der Waals surface area contributed by atoms with Gasteiger partial charge in [-0.15, -0.1) is 0 Å².